The van der Waals surface area contributed by atoms with Crippen molar-refractivity contribution in [2.75, 3.05) is 12.4 Å². The Balaban J connectivity index is 1.61. The Kier molecular flexibility index (Phi) is 3.19. The molecule has 1 aliphatic rings. The molecule has 1 aromatic rings. The molecule has 1 aliphatic heterocycles. The molecular formula is C9H11ClO2S. The van der Waals surface area contributed by atoms with Gasteiger partial charge < -0.3 is 9.15 Å². The zero-order valence-corrected chi connectivity index (χ0v) is 8.74. The number of ether oxygens (including phenoxy) is 1. The van der Waals surface area contributed by atoms with E-state index in [2.05, 4.69) is 0 Å². The van der Waals surface area contributed by atoms with E-state index in [9.17, 15) is 0 Å². The quantitative estimate of drug-likeness (QED) is 0.561. The van der Waals surface area contributed by atoms with Crippen LogP contribution in [0, 0.1) is 0 Å². The summed E-state index contributed by atoms with van der Waals surface area (Å²) in [5.41, 5.74) is 0. The van der Waals surface area contributed by atoms with Gasteiger partial charge in [0.05, 0.1) is 18.5 Å². The Labute approximate surface area is 86.6 Å². The molecule has 0 amide bonds. The summed E-state index contributed by atoms with van der Waals surface area (Å²) in [7, 11) is 0. The average molecular weight is 219 g/mol. The van der Waals surface area contributed by atoms with E-state index >= 15 is 0 Å². The van der Waals surface area contributed by atoms with Gasteiger partial charge in [-0.2, -0.15) is 11.8 Å². The first-order valence-corrected chi connectivity index (χ1v) is 5.81. The first kappa shape index (κ1) is 9.44. The van der Waals surface area contributed by atoms with E-state index in [4.69, 9.17) is 20.8 Å². The minimum atomic E-state index is 0.473. The number of thioether (sulfide) groups is 1. The molecule has 0 radical (unpaired) electrons. The standard InChI is InChI=1S/C9H11ClO2S/c10-9-2-1-8(12-9)6-13-4-3-7-5-11-7/h1-2,7H,3-6H2. The fourth-order valence-corrected chi connectivity index (χ4v) is 2.14. The van der Waals surface area contributed by atoms with Gasteiger partial charge in [0.2, 0.25) is 0 Å². The van der Waals surface area contributed by atoms with Crippen molar-refractivity contribution in [2.24, 2.45) is 0 Å². The Morgan fingerprint density at radius 3 is 3.00 bits per heavy atom. The fourth-order valence-electron chi connectivity index (χ4n) is 1.05. The van der Waals surface area contributed by atoms with Crippen molar-refractivity contribution >= 4 is 23.4 Å². The molecule has 2 nitrogen and oxygen atoms in total. The van der Waals surface area contributed by atoms with E-state index in [1.54, 1.807) is 6.07 Å². The highest BCUT2D eigenvalue weighted by Crippen LogP contribution is 2.21. The first-order valence-electron chi connectivity index (χ1n) is 4.28. The van der Waals surface area contributed by atoms with Crippen molar-refractivity contribution in [3.05, 3.63) is 23.1 Å². The zero-order valence-electron chi connectivity index (χ0n) is 7.16. The second-order valence-corrected chi connectivity index (χ2v) is 4.48. The summed E-state index contributed by atoms with van der Waals surface area (Å²) in [5.74, 6) is 2.98. The highest BCUT2D eigenvalue weighted by atomic mass is 35.5. The van der Waals surface area contributed by atoms with Gasteiger partial charge in [-0.15, -0.1) is 0 Å². The van der Waals surface area contributed by atoms with Gasteiger partial charge in [0, 0.05) is 0 Å². The van der Waals surface area contributed by atoms with Gasteiger partial charge >= 0.3 is 0 Å². The van der Waals surface area contributed by atoms with E-state index in [0.717, 1.165) is 30.3 Å². The fraction of sp³-hybridized carbons (Fsp3) is 0.556. The maximum Gasteiger partial charge on any atom is 0.193 e. The van der Waals surface area contributed by atoms with Crippen LogP contribution in [-0.4, -0.2) is 18.5 Å². The van der Waals surface area contributed by atoms with E-state index in [-0.39, 0.29) is 0 Å². The summed E-state index contributed by atoms with van der Waals surface area (Å²) in [6.07, 6.45) is 1.69. The molecule has 0 N–H and O–H groups in total. The van der Waals surface area contributed by atoms with Crippen LogP contribution in [0.3, 0.4) is 0 Å². The second-order valence-electron chi connectivity index (χ2n) is 3.00. The van der Waals surface area contributed by atoms with Crippen LogP contribution in [0.1, 0.15) is 12.2 Å². The minimum Gasteiger partial charge on any atom is -0.449 e. The Bertz CT molecular complexity index is 270. The number of hydrogen-bond acceptors (Lipinski definition) is 3. The third-order valence-electron chi connectivity index (χ3n) is 1.86. The summed E-state index contributed by atoms with van der Waals surface area (Å²) in [6.45, 7) is 0.952. The molecule has 2 heterocycles. The Morgan fingerprint density at radius 2 is 2.38 bits per heavy atom. The van der Waals surface area contributed by atoms with E-state index in [0.29, 0.717) is 11.3 Å². The number of furan rings is 1. The molecule has 1 aromatic heterocycles. The Morgan fingerprint density at radius 1 is 1.54 bits per heavy atom. The van der Waals surface area contributed by atoms with Crippen LogP contribution in [0.15, 0.2) is 16.5 Å². The summed E-state index contributed by atoms with van der Waals surface area (Å²) in [5, 5.41) is 0.473. The smallest absolute Gasteiger partial charge is 0.193 e. The van der Waals surface area contributed by atoms with E-state index in [1.165, 1.54) is 0 Å². The van der Waals surface area contributed by atoms with E-state index < -0.39 is 0 Å². The minimum absolute atomic E-state index is 0.473. The van der Waals surface area contributed by atoms with Crippen LogP contribution in [0.25, 0.3) is 0 Å². The van der Waals surface area contributed by atoms with Crippen molar-refractivity contribution in [2.45, 2.75) is 18.3 Å². The Hall–Kier alpha value is -0.120. The maximum atomic E-state index is 5.64. The van der Waals surface area contributed by atoms with Gasteiger partial charge in [0.25, 0.3) is 0 Å². The molecule has 2 rings (SSSR count). The van der Waals surface area contributed by atoms with Gasteiger partial charge in [0.1, 0.15) is 5.76 Å². The zero-order chi connectivity index (χ0) is 9.10. The molecule has 4 heteroatoms. The van der Waals surface area contributed by atoms with Crippen molar-refractivity contribution in [1.29, 1.82) is 0 Å². The summed E-state index contributed by atoms with van der Waals surface area (Å²) in [4.78, 5) is 0. The molecule has 1 fully saturated rings. The highest BCUT2D eigenvalue weighted by molar-refractivity contribution is 7.98. The van der Waals surface area contributed by atoms with Crippen molar-refractivity contribution in [3.8, 4) is 0 Å². The van der Waals surface area contributed by atoms with Gasteiger partial charge in [-0.05, 0) is 35.9 Å². The second kappa shape index (κ2) is 4.40. The number of rotatable bonds is 5. The predicted octanol–water partition coefficient (Wildman–Crippen LogP) is 2.96. The van der Waals surface area contributed by atoms with E-state index in [1.807, 2.05) is 17.8 Å². The normalized spacial score (nSPS) is 20.5. The third-order valence-corrected chi connectivity index (χ3v) is 3.08. The average Bonchev–Trinajstić information content (AvgIpc) is 2.84. The van der Waals surface area contributed by atoms with Gasteiger partial charge in [0.15, 0.2) is 5.22 Å². The third kappa shape index (κ3) is 3.25. The topological polar surface area (TPSA) is 25.7 Å². The number of hydrogen-bond donors (Lipinski definition) is 0. The van der Waals surface area contributed by atoms with Crippen LogP contribution in [-0.2, 0) is 10.5 Å². The van der Waals surface area contributed by atoms with Crippen LogP contribution < -0.4 is 0 Å². The monoisotopic (exact) mass is 218 g/mol. The van der Waals surface area contributed by atoms with Crippen molar-refractivity contribution in [1.82, 2.24) is 0 Å². The molecule has 72 valence electrons. The molecule has 0 saturated carbocycles. The number of epoxide rings is 1. The number of halogens is 1. The largest absolute Gasteiger partial charge is 0.449 e. The molecular weight excluding hydrogens is 208 g/mol. The van der Waals surface area contributed by atoms with Crippen molar-refractivity contribution in [3.63, 3.8) is 0 Å². The maximum absolute atomic E-state index is 5.64. The lowest BCUT2D eigenvalue weighted by molar-refractivity contribution is 0.404. The lowest BCUT2D eigenvalue weighted by Gasteiger charge is -1.96. The summed E-state index contributed by atoms with van der Waals surface area (Å²) >= 11 is 7.49. The van der Waals surface area contributed by atoms with Crippen molar-refractivity contribution < 1.29 is 9.15 Å². The molecule has 1 unspecified atom stereocenters. The molecule has 0 aliphatic carbocycles. The molecule has 1 atom stereocenters. The van der Waals surface area contributed by atoms with Crippen LogP contribution >= 0.6 is 23.4 Å². The summed E-state index contributed by atoms with van der Waals surface area (Å²) in [6, 6.07) is 3.70. The van der Waals surface area contributed by atoms with Gasteiger partial charge in [-0.25, -0.2) is 0 Å². The molecule has 13 heavy (non-hydrogen) atoms. The first-order chi connectivity index (χ1) is 6.34. The summed E-state index contributed by atoms with van der Waals surface area (Å²) < 4.78 is 10.3. The lowest BCUT2D eigenvalue weighted by atomic mass is 10.4. The van der Waals surface area contributed by atoms with Gasteiger partial charge in [-0.1, -0.05) is 0 Å². The highest BCUT2D eigenvalue weighted by Gasteiger charge is 2.21. The molecule has 0 bridgehead atoms. The van der Waals surface area contributed by atoms with Crippen LogP contribution in [0.2, 0.25) is 5.22 Å². The van der Waals surface area contributed by atoms with Crippen LogP contribution in [0.4, 0.5) is 0 Å². The lowest BCUT2D eigenvalue weighted by Crippen LogP contribution is -1.88. The van der Waals surface area contributed by atoms with Gasteiger partial charge in [-0.3, -0.25) is 0 Å². The molecule has 0 spiro atoms. The SMILES string of the molecule is Clc1ccc(CSCCC2CO2)o1. The van der Waals surface area contributed by atoms with Crippen LogP contribution in [0.5, 0.6) is 0 Å². The predicted molar refractivity (Wildman–Crippen MR) is 54.2 cm³/mol. The molecule has 1 saturated heterocycles. The molecule has 0 aromatic carbocycles.